The Bertz CT molecular complexity index is 1390. The molecule has 4 N–H and O–H groups in total. The number of carbonyl (C=O) groups excluding carboxylic acids is 1. The average Bonchev–Trinajstić information content (AvgIpc) is 3.45. The van der Waals surface area contributed by atoms with E-state index in [4.69, 9.17) is 33.7 Å². The van der Waals surface area contributed by atoms with Gasteiger partial charge in [0.25, 0.3) is 0 Å². The molecular formula is C23H29N6O9P. The summed E-state index contributed by atoms with van der Waals surface area (Å²) in [5.41, 5.74) is 5.38. The van der Waals surface area contributed by atoms with E-state index >= 15 is 0 Å². The average molecular weight is 564 g/mol. The van der Waals surface area contributed by atoms with Crippen LogP contribution in [-0.4, -0.2) is 81.9 Å². The maximum absolute atomic E-state index is 13.7. The summed E-state index contributed by atoms with van der Waals surface area (Å²) in [5, 5.41) is 13.8. The van der Waals surface area contributed by atoms with Crippen molar-refractivity contribution in [2.75, 3.05) is 33.2 Å². The fourth-order valence-corrected chi connectivity index (χ4v) is 6.08. The number of rotatable bonds is 10. The summed E-state index contributed by atoms with van der Waals surface area (Å²) in [6.45, 7) is 1.47. The van der Waals surface area contributed by atoms with Gasteiger partial charge in [-0.15, -0.1) is 0 Å². The second-order valence-corrected chi connectivity index (χ2v) is 10.7. The summed E-state index contributed by atoms with van der Waals surface area (Å²) in [6, 6.07) is 7.29. The number of methoxy groups -OCH3 is 2. The van der Waals surface area contributed by atoms with E-state index in [9.17, 15) is 14.5 Å². The molecule has 0 amide bonds. The number of nitrogen functional groups attached to an aromatic ring is 1. The first-order chi connectivity index (χ1) is 18.7. The van der Waals surface area contributed by atoms with Gasteiger partial charge in [-0.1, -0.05) is 18.2 Å². The summed E-state index contributed by atoms with van der Waals surface area (Å²) < 4.78 is 48.7. The molecule has 2 aromatic heterocycles. The lowest BCUT2D eigenvalue weighted by Gasteiger charge is -2.44. The van der Waals surface area contributed by atoms with Crippen LogP contribution < -0.4 is 20.1 Å². The van der Waals surface area contributed by atoms with Crippen molar-refractivity contribution >= 4 is 30.8 Å². The van der Waals surface area contributed by atoms with Gasteiger partial charge in [-0.3, -0.25) is 13.9 Å². The normalized spacial score (nSPS) is 26.6. The monoisotopic (exact) mass is 564 g/mol. The quantitative estimate of drug-likeness (QED) is 0.235. The minimum Gasteiger partial charge on any atom is -0.479 e. The number of aliphatic hydroxyl groups excluding tert-OH is 1. The number of aliphatic hydroxyl groups is 1. The molecule has 1 aromatic carbocycles. The molecule has 0 saturated carbocycles. The lowest BCUT2D eigenvalue weighted by atomic mass is 9.86. The smallest absolute Gasteiger partial charge is 0.459 e. The van der Waals surface area contributed by atoms with Gasteiger partial charge >= 0.3 is 13.7 Å². The van der Waals surface area contributed by atoms with Gasteiger partial charge < -0.3 is 34.3 Å². The van der Waals surface area contributed by atoms with Crippen molar-refractivity contribution in [3.63, 3.8) is 0 Å². The first-order valence-electron chi connectivity index (χ1n) is 12.1. The molecule has 0 bridgehead atoms. The van der Waals surface area contributed by atoms with E-state index in [0.717, 1.165) is 0 Å². The van der Waals surface area contributed by atoms with Crippen LogP contribution in [0.1, 0.15) is 19.6 Å². The molecule has 15 nitrogen and oxygen atoms in total. The standard InChI is InChI=1S/C23H29N6O9P/c1-13(20(31)34-3)28-39(32,38-14-7-5-4-6-8-14)36-11-15-17(30)23(9-10-35-23)21(37-15)29-12-25-16-18(29)26-22(24)27-19(16)33-2/h4-8,12-13,15,17,21,30H,9-11H2,1-3H3,(H,28,32)(H2,24,26,27)/t13?,15-,17-,21-,23-,39?/m1/s1. The number of anilines is 1. The van der Waals surface area contributed by atoms with Gasteiger partial charge in [0, 0.05) is 6.42 Å². The number of carbonyl (C=O) groups is 1. The SMILES string of the molecule is COC(=O)C(C)NP(=O)(OC[C@H]1O[C@@H](n2cnc3c(OC)nc(N)nc32)[C@@]2(CCO2)[C@@H]1O)Oc1ccccc1. The molecule has 1 spiro atoms. The number of aromatic nitrogens is 4. The predicted octanol–water partition coefficient (Wildman–Crippen LogP) is 1.19. The summed E-state index contributed by atoms with van der Waals surface area (Å²) in [6.07, 6.45) is -1.14. The highest BCUT2D eigenvalue weighted by atomic mass is 31.2. The van der Waals surface area contributed by atoms with Gasteiger partial charge in [-0.05, 0) is 19.1 Å². The molecule has 2 aliphatic heterocycles. The van der Waals surface area contributed by atoms with Crippen LogP contribution >= 0.6 is 7.75 Å². The van der Waals surface area contributed by atoms with Gasteiger partial charge in [-0.2, -0.15) is 15.1 Å². The van der Waals surface area contributed by atoms with Gasteiger partial charge in [0.15, 0.2) is 17.4 Å². The Labute approximate surface area is 223 Å². The zero-order chi connectivity index (χ0) is 27.8. The number of hydrogen-bond donors (Lipinski definition) is 3. The van der Waals surface area contributed by atoms with Crippen molar-refractivity contribution in [2.45, 2.75) is 43.4 Å². The van der Waals surface area contributed by atoms with E-state index in [1.165, 1.54) is 27.5 Å². The van der Waals surface area contributed by atoms with E-state index in [1.807, 2.05) is 0 Å². The number of para-hydroxylation sites is 1. The number of hydrogen-bond acceptors (Lipinski definition) is 13. The van der Waals surface area contributed by atoms with Crippen LogP contribution in [0.5, 0.6) is 11.6 Å². The number of nitrogens with one attached hydrogen (secondary N) is 1. The summed E-state index contributed by atoms with van der Waals surface area (Å²) >= 11 is 0. The molecule has 2 aliphatic rings. The van der Waals surface area contributed by atoms with Gasteiger partial charge in [0.1, 0.15) is 29.6 Å². The Balaban J connectivity index is 1.40. The zero-order valence-corrected chi connectivity index (χ0v) is 22.3. The highest BCUT2D eigenvalue weighted by Gasteiger charge is 2.62. The number of benzene rings is 1. The largest absolute Gasteiger partial charge is 0.479 e. The maximum atomic E-state index is 13.7. The molecule has 2 saturated heterocycles. The van der Waals surface area contributed by atoms with Crippen molar-refractivity contribution in [1.82, 2.24) is 24.6 Å². The Morgan fingerprint density at radius 2 is 2.08 bits per heavy atom. The molecule has 2 fully saturated rings. The number of nitrogens with zero attached hydrogens (tertiary/aromatic N) is 4. The van der Waals surface area contributed by atoms with E-state index in [1.54, 1.807) is 34.9 Å². The fourth-order valence-electron chi connectivity index (χ4n) is 4.58. The van der Waals surface area contributed by atoms with Crippen molar-refractivity contribution in [3.05, 3.63) is 36.7 Å². The number of ether oxygens (including phenoxy) is 4. The molecule has 5 rings (SSSR count). The predicted molar refractivity (Wildman–Crippen MR) is 135 cm³/mol. The minimum atomic E-state index is -4.17. The summed E-state index contributed by atoms with van der Waals surface area (Å²) in [4.78, 5) is 24.6. The van der Waals surface area contributed by atoms with Crippen molar-refractivity contribution in [3.8, 4) is 11.6 Å². The molecule has 6 atom stereocenters. The highest BCUT2D eigenvalue weighted by molar-refractivity contribution is 7.52. The second kappa shape index (κ2) is 10.7. The number of imidazole rings is 1. The molecule has 16 heteroatoms. The maximum Gasteiger partial charge on any atom is 0.459 e. The van der Waals surface area contributed by atoms with E-state index in [0.29, 0.717) is 24.2 Å². The summed E-state index contributed by atoms with van der Waals surface area (Å²) in [7, 11) is -1.52. The Morgan fingerprint density at radius 3 is 2.72 bits per heavy atom. The first-order valence-corrected chi connectivity index (χ1v) is 13.6. The molecule has 39 heavy (non-hydrogen) atoms. The van der Waals surface area contributed by atoms with Gasteiger partial charge in [0.2, 0.25) is 11.8 Å². The van der Waals surface area contributed by atoms with Crippen LogP contribution in [0.25, 0.3) is 11.2 Å². The van der Waals surface area contributed by atoms with Gasteiger partial charge in [0.05, 0.1) is 33.8 Å². The molecule has 210 valence electrons. The molecular weight excluding hydrogens is 535 g/mol. The first kappa shape index (κ1) is 27.2. The molecule has 0 radical (unpaired) electrons. The Morgan fingerprint density at radius 1 is 1.33 bits per heavy atom. The Kier molecular flexibility index (Phi) is 7.46. The lowest BCUT2D eigenvalue weighted by molar-refractivity contribution is -0.225. The number of fused-ring (bicyclic) bond motifs is 1. The van der Waals surface area contributed by atoms with Crippen molar-refractivity contribution in [2.24, 2.45) is 0 Å². The third-order valence-electron chi connectivity index (χ3n) is 6.57. The molecule has 0 aliphatic carbocycles. The number of esters is 1. The Hall–Kier alpha value is -3.33. The van der Waals surface area contributed by atoms with Crippen LogP contribution in [0.3, 0.4) is 0 Å². The van der Waals surface area contributed by atoms with Gasteiger partial charge in [-0.25, -0.2) is 9.55 Å². The van der Waals surface area contributed by atoms with Crippen LogP contribution in [0.2, 0.25) is 0 Å². The van der Waals surface area contributed by atoms with Crippen molar-refractivity contribution < 1.29 is 42.5 Å². The third-order valence-corrected chi connectivity index (χ3v) is 8.22. The van der Waals surface area contributed by atoms with E-state index in [2.05, 4.69) is 20.0 Å². The van der Waals surface area contributed by atoms with E-state index in [-0.39, 0.29) is 24.2 Å². The lowest BCUT2D eigenvalue weighted by Crippen LogP contribution is -2.56. The van der Waals surface area contributed by atoms with Crippen LogP contribution in [0.4, 0.5) is 5.95 Å². The summed E-state index contributed by atoms with van der Waals surface area (Å²) in [5.74, 6) is -0.278. The van der Waals surface area contributed by atoms with Crippen LogP contribution in [0.15, 0.2) is 36.7 Å². The zero-order valence-electron chi connectivity index (χ0n) is 21.4. The molecule has 2 unspecified atom stereocenters. The van der Waals surface area contributed by atoms with Crippen molar-refractivity contribution in [1.29, 1.82) is 0 Å². The highest BCUT2D eigenvalue weighted by Crippen LogP contribution is 2.51. The third kappa shape index (κ3) is 5.04. The molecule has 3 aromatic rings. The topological polar surface area (TPSA) is 191 Å². The van der Waals surface area contributed by atoms with E-state index < -0.39 is 43.8 Å². The molecule has 4 heterocycles. The number of nitrogens with two attached hydrogens (primary N) is 1. The fraction of sp³-hybridized carbons (Fsp3) is 0.478. The second-order valence-electron chi connectivity index (χ2n) is 9.01. The van der Waals surface area contributed by atoms with Crippen LogP contribution in [0, 0.1) is 0 Å². The van der Waals surface area contributed by atoms with Crippen LogP contribution in [-0.2, 0) is 28.1 Å². The minimum absolute atomic E-state index is 0.0343.